The number of nitrogens with two attached hydrogens (primary N) is 1. The summed E-state index contributed by atoms with van der Waals surface area (Å²) in [6.45, 7) is 1.24. The van der Waals surface area contributed by atoms with Gasteiger partial charge in [-0.1, -0.05) is 51.8 Å². The average Bonchev–Trinajstić information content (AvgIpc) is 2.41. The lowest BCUT2D eigenvalue weighted by atomic mass is 10.1. The Bertz CT molecular complexity index is 572. The highest BCUT2D eigenvalue weighted by atomic mass is 79.9. The van der Waals surface area contributed by atoms with Crippen molar-refractivity contribution < 1.29 is 0 Å². The zero-order valence-corrected chi connectivity index (χ0v) is 13.1. The number of halogens is 2. The van der Waals surface area contributed by atoms with Gasteiger partial charge in [0.1, 0.15) is 0 Å². The molecule has 2 rings (SSSR count). The number of rotatable bonds is 4. The second kappa shape index (κ2) is 6.42. The van der Waals surface area contributed by atoms with Crippen molar-refractivity contribution >= 4 is 33.2 Å². The Morgan fingerprint density at radius 3 is 2.58 bits per heavy atom. The van der Waals surface area contributed by atoms with Gasteiger partial charge in [0, 0.05) is 40.9 Å². The molecule has 0 atom stereocenters. The third-order valence-electron chi connectivity index (χ3n) is 3.07. The van der Waals surface area contributed by atoms with E-state index in [2.05, 4.69) is 26.9 Å². The summed E-state index contributed by atoms with van der Waals surface area (Å²) in [6, 6.07) is 14.1. The molecule has 0 aliphatic heterocycles. The van der Waals surface area contributed by atoms with Crippen LogP contribution in [-0.2, 0) is 13.1 Å². The summed E-state index contributed by atoms with van der Waals surface area (Å²) >= 11 is 9.76. The molecule has 2 N–H and O–H groups in total. The predicted molar refractivity (Wildman–Crippen MR) is 85.6 cm³/mol. The smallest absolute Gasteiger partial charge is 0.0471 e. The SMILES string of the molecule is CN(Cc1ccccc1Br)c1cccc(Cl)c1CN. The molecular weight excluding hydrogens is 324 g/mol. The van der Waals surface area contributed by atoms with Gasteiger partial charge in [-0.05, 0) is 23.8 Å². The largest absolute Gasteiger partial charge is 0.370 e. The molecule has 0 aliphatic carbocycles. The van der Waals surface area contributed by atoms with Crippen molar-refractivity contribution in [2.45, 2.75) is 13.1 Å². The maximum atomic E-state index is 6.19. The van der Waals surface area contributed by atoms with Crippen LogP contribution in [0.3, 0.4) is 0 Å². The van der Waals surface area contributed by atoms with Crippen molar-refractivity contribution in [1.29, 1.82) is 0 Å². The zero-order chi connectivity index (χ0) is 13.8. The van der Waals surface area contributed by atoms with E-state index in [1.54, 1.807) is 0 Å². The van der Waals surface area contributed by atoms with E-state index in [1.807, 2.05) is 43.4 Å². The van der Waals surface area contributed by atoms with E-state index in [1.165, 1.54) is 5.56 Å². The van der Waals surface area contributed by atoms with Crippen LogP contribution in [0.2, 0.25) is 5.02 Å². The normalized spacial score (nSPS) is 10.5. The van der Waals surface area contributed by atoms with Gasteiger partial charge in [-0.3, -0.25) is 0 Å². The van der Waals surface area contributed by atoms with Crippen molar-refractivity contribution in [1.82, 2.24) is 0 Å². The molecule has 0 spiro atoms. The van der Waals surface area contributed by atoms with Gasteiger partial charge in [0.05, 0.1) is 0 Å². The summed E-state index contributed by atoms with van der Waals surface area (Å²) in [6.07, 6.45) is 0. The molecule has 0 heterocycles. The van der Waals surface area contributed by atoms with Gasteiger partial charge in [0.2, 0.25) is 0 Å². The Labute approximate surface area is 127 Å². The quantitative estimate of drug-likeness (QED) is 0.904. The summed E-state index contributed by atoms with van der Waals surface area (Å²) in [5, 5.41) is 0.721. The Morgan fingerprint density at radius 2 is 1.89 bits per heavy atom. The highest BCUT2D eigenvalue weighted by Crippen LogP contribution is 2.28. The maximum Gasteiger partial charge on any atom is 0.0471 e. The molecule has 0 saturated heterocycles. The molecular formula is C15H16BrClN2. The van der Waals surface area contributed by atoms with Gasteiger partial charge in [-0.15, -0.1) is 0 Å². The van der Waals surface area contributed by atoms with Crippen LogP contribution in [0, 0.1) is 0 Å². The van der Waals surface area contributed by atoms with Gasteiger partial charge in [-0.25, -0.2) is 0 Å². The average molecular weight is 340 g/mol. The molecule has 0 aromatic heterocycles. The van der Waals surface area contributed by atoms with Gasteiger partial charge in [0.15, 0.2) is 0 Å². The van der Waals surface area contributed by atoms with Crippen molar-refractivity contribution in [3.8, 4) is 0 Å². The fourth-order valence-electron chi connectivity index (χ4n) is 2.07. The summed E-state index contributed by atoms with van der Waals surface area (Å²) in [5.41, 5.74) is 9.08. The first-order valence-corrected chi connectivity index (χ1v) is 7.22. The Balaban J connectivity index is 2.28. The molecule has 0 bridgehead atoms. The number of hydrogen-bond donors (Lipinski definition) is 1. The van der Waals surface area contributed by atoms with Crippen LogP contribution < -0.4 is 10.6 Å². The minimum atomic E-state index is 0.440. The van der Waals surface area contributed by atoms with Gasteiger partial charge in [0.25, 0.3) is 0 Å². The van der Waals surface area contributed by atoms with Crippen LogP contribution in [-0.4, -0.2) is 7.05 Å². The third kappa shape index (κ3) is 3.30. The predicted octanol–water partition coefficient (Wildman–Crippen LogP) is 4.20. The van der Waals surface area contributed by atoms with Gasteiger partial charge >= 0.3 is 0 Å². The Morgan fingerprint density at radius 1 is 1.16 bits per heavy atom. The monoisotopic (exact) mass is 338 g/mol. The number of hydrogen-bond acceptors (Lipinski definition) is 2. The molecule has 4 heteroatoms. The maximum absolute atomic E-state index is 6.19. The highest BCUT2D eigenvalue weighted by Gasteiger charge is 2.11. The zero-order valence-electron chi connectivity index (χ0n) is 10.7. The fraction of sp³-hybridized carbons (Fsp3) is 0.200. The molecule has 0 radical (unpaired) electrons. The molecule has 0 unspecified atom stereocenters. The first kappa shape index (κ1) is 14.4. The van der Waals surface area contributed by atoms with Crippen LogP contribution in [0.1, 0.15) is 11.1 Å². The summed E-state index contributed by atoms with van der Waals surface area (Å²) in [5.74, 6) is 0. The molecule has 0 fully saturated rings. The molecule has 2 aromatic rings. The van der Waals surface area contributed by atoms with Crippen molar-refractivity contribution in [3.63, 3.8) is 0 Å². The molecule has 100 valence electrons. The van der Waals surface area contributed by atoms with E-state index in [0.29, 0.717) is 6.54 Å². The van der Waals surface area contributed by atoms with Gasteiger partial charge in [-0.2, -0.15) is 0 Å². The molecule has 2 nitrogen and oxygen atoms in total. The lowest BCUT2D eigenvalue weighted by Crippen LogP contribution is -2.19. The molecule has 0 amide bonds. The van der Waals surface area contributed by atoms with Gasteiger partial charge < -0.3 is 10.6 Å². The third-order valence-corrected chi connectivity index (χ3v) is 4.20. The van der Waals surface area contributed by atoms with Crippen molar-refractivity contribution in [2.24, 2.45) is 5.73 Å². The second-order valence-corrected chi connectivity index (χ2v) is 5.65. The summed E-state index contributed by atoms with van der Waals surface area (Å²) in [7, 11) is 2.05. The Kier molecular flexibility index (Phi) is 4.86. The van der Waals surface area contributed by atoms with Crippen molar-refractivity contribution in [2.75, 3.05) is 11.9 Å². The second-order valence-electron chi connectivity index (χ2n) is 4.39. The highest BCUT2D eigenvalue weighted by molar-refractivity contribution is 9.10. The molecule has 0 saturated carbocycles. The lowest BCUT2D eigenvalue weighted by molar-refractivity contribution is 0.900. The van der Waals surface area contributed by atoms with E-state index >= 15 is 0 Å². The van der Waals surface area contributed by atoms with Crippen LogP contribution in [0.4, 0.5) is 5.69 Å². The van der Waals surface area contributed by atoms with E-state index in [9.17, 15) is 0 Å². The van der Waals surface area contributed by atoms with E-state index in [4.69, 9.17) is 17.3 Å². The standard InChI is InChI=1S/C15H16BrClN2/c1-19(10-11-5-2-3-6-13(11)16)15-8-4-7-14(17)12(15)9-18/h2-8H,9-10,18H2,1H3. The molecule has 19 heavy (non-hydrogen) atoms. The first-order valence-electron chi connectivity index (χ1n) is 6.05. The fourth-order valence-corrected chi connectivity index (χ4v) is 2.73. The minimum Gasteiger partial charge on any atom is -0.370 e. The van der Waals surface area contributed by atoms with Crippen LogP contribution in [0.15, 0.2) is 46.9 Å². The van der Waals surface area contributed by atoms with E-state index in [0.717, 1.165) is 27.3 Å². The molecule has 0 aliphatic rings. The minimum absolute atomic E-state index is 0.440. The lowest BCUT2D eigenvalue weighted by Gasteiger charge is -2.23. The number of benzene rings is 2. The topological polar surface area (TPSA) is 29.3 Å². The van der Waals surface area contributed by atoms with Crippen LogP contribution in [0.25, 0.3) is 0 Å². The summed E-state index contributed by atoms with van der Waals surface area (Å²) < 4.78 is 1.11. The van der Waals surface area contributed by atoms with Crippen LogP contribution in [0.5, 0.6) is 0 Å². The Hall–Kier alpha value is -1.03. The molecule has 2 aromatic carbocycles. The number of nitrogens with zero attached hydrogens (tertiary/aromatic N) is 1. The van der Waals surface area contributed by atoms with Crippen LogP contribution >= 0.6 is 27.5 Å². The first-order chi connectivity index (χ1) is 9.13. The van der Waals surface area contributed by atoms with E-state index in [-0.39, 0.29) is 0 Å². The number of anilines is 1. The van der Waals surface area contributed by atoms with Crippen molar-refractivity contribution in [3.05, 3.63) is 63.1 Å². The van der Waals surface area contributed by atoms with E-state index < -0.39 is 0 Å². The summed E-state index contributed by atoms with van der Waals surface area (Å²) in [4.78, 5) is 2.16.